The molecule has 0 bridgehead atoms. The number of benzene rings is 2. The summed E-state index contributed by atoms with van der Waals surface area (Å²) in [5.74, 6) is 1.07. The van der Waals surface area contributed by atoms with Crippen LogP contribution in [0.5, 0.6) is 11.5 Å². The Bertz CT molecular complexity index is 1080. The van der Waals surface area contributed by atoms with E-state index in [1.165, 1.54) is 18.9 Å². The fourth-order valence-electron chi connectivity index (χ4n) is 3.07. The molecule has 9 heteroatoms. The van der Waals surface area contributed by atoms with Gasteiger partial charge in [-0.3, -0.25) is 14.2 Å². The molecule has 2 amide bonds. The lowest BCUT2D eigenvalue weighted by atomic mass is 10.2. The Morgan fingerprint density at radius 1 is 1.09 bits per heavy atom. The predicted molar refractivity (Wildman–Crippen MR) is 130 cm³/mol. The summed E-state index contributed by atoms with van der Waals surface area (Å²) >= 11 is 1.32. The first-order valence-corrected chi connectivity index (χ1v) is 11.6. The van der Waals surface area contributed by atoms with E-state index >= 15 is 0 Å². The first-order chi connectivity index (χ1) is 16.0. The highest BCUT2D eigenvalue weighted by molar-refractivity contribution is 7.99. The van der Waals surface area contributed by atoms with E-state index in [-0.39, 0.29) is 17.6 Å². The number of carbonyl (C=O) groups excluding carboxylic acids is 2. The lowest BCUT2D eigenvalue weighted by Gasteiger charge is -2.12. The minimum Gasteiger partial charge on any atom is -0.497 e. The van der Waals surface area contributed by atoms with E-state index in [9.17, 15) is 9.59 Å². The molecule has 8 nitrogen and oxygen atoms in total. The second-order valence-corrected chi connectivity index (χ2v) is 8.08. The molecule has 0 aliphatic heterocycles. The summed E-state index contributed by atoms with van der Waals surface area (Å²) in [5.41, 5.74) is 2.04. The summed E-state index contributed by atoms with van der Waals surface area (Å²) in [6, 6.07) is 12.5. The Morgan fingerprint density at radius 2 is 1.88 bits per heavy atom. The molecule has 0 spiro atoms. The zero-order valence-corrected chi connectivity index (χ0v) is 19.8. The summed E-state index contributed by atoms with van der Waals surface area (Å²) < 4.78 is 12.4. The molecule has 0 radical (unpaired) electrons. The van der Waals surface area contributed by atoms with E-state index in [4.69, 9.17) is 9.47 Å². The van der Waals surface area contributed by atoms with Crippen molar-refractivity contribution in [1.82, 2.24) is 14.9 Å². The second kappa shape index (κ2) is 12.0. The van der Waals surface area contributed by atoms with Crippen molar-refractivity contribution < 1.29 is 19.1 Å². The highest BCUT2D eigenvalue weighted by atomic mass is 32.2. The molecule has 2 N–H and O–H groups in total. The van der Waals surface area contributed by atoms with Crippen LogP contribution in [-0.2, 0) is 4.79 Å². The summed E-state index contributed by atoms with van der Waals surface area (Å²) in [7, 11) is 3.11. The van der Waals surface area contributed by atoms with Gasteiger partial charge in [0.15, 0.2) is 5.16 Å². The molecule has 2 aromatic carbocycles. The minimum atomic E-state index is -0.183. The van der Waals surface area contributed by atoms with Crippen LogP contribution in [0.15, 0.2) is 60.0 Å². The van der Waals surface area contributed by atoms with Crippen LogP contribution in [0.3, 0.4) is 0 Å². The number of nitrogens with one attached hydrogen (secondary N) is 2. The molecule has 0 saturated heterocycles. The average molecular weight is 469 g/mol. The molecular weight excluding hydrogens is 440 g/mol. The van der Waals surface area contributed by atoms with E-state index in [2.05, 4.69) is 22.5 Å². The maximum absolute atomic E-state index is 12.5. The van der Waals surface area contributed by atoms with Crippen LogP contribution in [0.25, 0.3) is 5.69 Å². The molecule has 3 aromatic rings. The second-order valence-electron chi connectivity index (χ2n) is 7.14. The lowest BCUT2D eigenvalue weighted by Crippen LogP contribution is -2.24. The number of aromatic nitrogens is 2. The Kier molecular flexibility index (Phi) is 8.77. The summed E-state index contributed by atoms with van der Waals surface area (Å²) in [4.78, 5) is 29.1. The average Bonchev–Trinajstić information content (AvgIpc) is 3.32. The number of hydrogen-bond donors (Lipinski definition) is 2. The first kappa shape index (κ1) is 24.2. The SMILES string of the molecule is CCCCNC(=O)c1ccc(-n2ccnc2SCC(=O)Nc2ccc(OC)cc2OC)cc1. The predicted octanol–water partition coefficient (Wildman–Crippen LogP) is 4.15. The smallest absolute Gasteiger partial charge is 0.251 e. The van der Waals surface area contributed by atoms with Crippen molar-refractivity contribution in [3.05, 3.63) is 60.4 Å². The Morgan fingerprint density at radius 3 is 2.58 bits per heavy atom. The number of rotatable bonds is 11. The number of methoxy groups -OCH3 is 2. The number of anilines is 1. The number of thioether (sulfide) groups is 1. The van der Waals surface area contributed by atoms with Crippen molar-refractivity contribution in [2.45, 2.75) is 24.9 Å². The zero-order chi connectivity index (χ0) is 23.6. The van der Waals surface area contributed by atoms with Gasteiger partial charge in [0.1, 0.15) is 11.5 Å². The van der Waals surface area contributed by atoms with E-state index in [0.717, 1.165) is 18.5 Å². The fraction of sp³-hybridized carbons (Fsp3) is 0.292. The number of ether oxygens (including phenoxy) is 2. The van der Waals surface area contributed by atoms with Crippen LogP contribution in [0.2, 0.25) is 0 Å². The minimum absolute atomic E-state index is 0.0825. The largest absolute Gasteiger partial charge is 0.497 e. The number of unbranched alkanes of at least 4 members (excludes halogenated alkanes) is 1. The number of nitrogens with zero attached hydrogens (tertiary/aromatic N) is 2. The van der Waals surface area contributed by atoms with Gasteiger partial charge in [-0.1, -0.05) is 25.1 Å². The number of imidazole rings is 1. The number of amides is 2. The quantitative estimate of drug-likeness (QED) is 0.324. The van der Waals surface area contributed by atoms with Gasteiger partial charge in [-0.05, 0) is 42.8 Å². The van der Waals surface area contributed by atoms with Crippen LogP contribution >= 0.6 is 11.8 Å². The molecule has 3 rings (SSSR count). The van der Waals surface area contributed by atoms with Crippen molar-refractivity contribution in [3.63, 3.8) is 0 Å². The first-order valence-electron chi connectivity index (χ1n) is 10.6. The standard InChI is InChI=1S/C24H28N4O4S/c1-4-5-12-25-23(30)17-6-8-18(9-7-17)28-14-13-26-24(28)33-16-22(29)27-20-11-10-19(31-2)15-21(20)32-3/h6-11,13-15H,4-5,12,16H2,1-3H3,(H,25,30)(H,27,29). The van der Waals surface area contributed by atoms with Crippen molar-refractivity contribution in [2.75, 3.05) is 31.8 Å². The van der Waals surface area contributed by atoms with Crippen LogP contribution in [0.1, 0.15) is 30.1 Å². The highest BCUT2D eigenvalue weighted by Crippen LogP contribution is 2.29. The van der Waals surface area contributed by atoms with Crippen molar-refractivity contribution in [3.8, 4) is 17.2 Å². The van der Waals surface area contributed by atoms with Crippen LogP contribution in [0, 0.1) is 0 Å². The third-order valence-corrected chi connectivity index (χ3v) is 5.81. The van der Waals surface area contributed by atoms with Gasteiger partial charge in [0, 0.05) is 36.3 Å². The van der Waals surface area contributed by atoms with Gasteiger partial charge in [0.05, 0.1) is 25.7 Å². The number of carbonyl (C=O) groups is 2. The van der Waals surface area contributed by atoms with Crippen molar-refractivity contribution >= 4 is 29.3 Å². The van der Waals surface area contributed by atoms with Gasteiger partial charge in [0.25, 0.3) is 5.91 Å². The van der Waals surface area contributed by atoms with Gasteiger partial charge in [-0.25, -0.2) is 4.98 Å². The highest BCUT2D eigenvalue weighted by Gasteiger charge is 2.13. The zero-order valence-electron chi connectivity index (χ0n) is 19.0. The van der Waals surface area contributed by atoms with E-state index in [1.807, 2.05) is 22.9 Å². The molecule has 0 atom stereocenters. The Labute approximate surface area is 197 Å². The molecular formula is C24H28N4O4S. The van der Waals surface area contributed by atoms with Gasteiger partial charge in [-0.2, -0.15) is 0 Å². The molecule has 0 aliphatic carbocycles. The fourth-order valence-corrected chi connectivity index (χ4v) is 3.84. The maximum atomic E-state index is 12.5. The third kappa shape index (κ3) is 6.52. The number of hydrogen-bond acceptors (Lipinski definition) is 6. The molecule has 33 heavy (non-hydrogen) atoms. The van der Waals surface area contributed by atoms with Crippen LogP contribution in [-0.4, -0.2) is 47.9 Å². The topological polar surface area (TPSA) is 94.5 Å². The van der Waals surface area contributed by atoms with Crippen molar-refractivity contribution in [1.29, 1.82) is 0 Å². The summed E-state index contributed by atoms with van der Waals surface area (Å²) in [5, 5.41) is 6.44. The monoisotopic (exact) mass is 468 g/mol. The third-order valence-electron chi connectivity index (χ3n) is 4.85. The molecule has 0 saturated carbocycles. The summed E-state index contributed by atoms with van der Waals surface area (Å²) in [6.45, 7) is 2.76. The molecule has 174 valence electrons. The molecule has 0 unspecified atom stereocenters. The van der Waals surface area contributed by atoms with Gasteiger partial charge in [-0.15, -0.1) is 0 Å². The summed E-state index contributed by atoms with van der Waals surface area (Å²) in [6.07, 6.45) is 5.49. The van der Waals surface area contributed by atoms with Gasteiger partial charge >= 0.3 is 0 Å². The normalized spacial score (nSPS) is 10.5. The molecule has 1 heterocycles. The Balaban J connectivity index is 1.61. The maximum Gasteiger partial charge on any atom is 0.251 e. The van der Waals surface area contributed by atoms with Gasteiger partial charge in [0.2, 0.25) is 5.91 Å². The lowest BCUT2D eigenvalue weighted by molar-refractivity contribution is -0.113. The molecule has 1 aromatic heterocycles. The van der Waals surface area contributed by atoms with Crippen LogP contribution < -0.4 is 20.1 Å². The van der Waals surface area contributed by atoms with E-state index in [1.54, 1.807) is 43.6 Å². The van der Waals surface area contributed by atoms with E-state index in [0.29, 0.717) is 34.5 Å². The molecule has 0 aliphatic rings. The van der Waals surface area contributed by atoms with Crippen LogP contribution in [0.4, 0.5) is 5.69 Å². The van der Waals surface area contributed by atoms with E-state index < -0.39 is 0 Å². The Hall–Kier alpha value is -3.46. The van der Waals surface area contributed by atoms with Gasteiger partial charge < -0.3 is 20.1 Å². The van der Waals surface area contributed by atoms with Crippen molar-refractivity contribution in [2.24, 2.45) is 0 Å². The molecule has 0 fully saturated rings.